The van der Waals surface area contributed by atoms with E-state index in [-0.39, 0.29) is 41.3 Å². The zero-order valence-corrected chi connectivity index (χ0v) is 29.3. The Morgan fingerprint density at radius 2 is 1.80 bits per heavy atom. The number of anilines is 1. The smallest absolute Gasteiger partial charge is 0.410 e. The van der Waals surface area contributed by atoms with E-state index in [9.17, 15) is 19.2 Å². The van der Waals surface area contributed by atoms with Gasteiger partial charge < -0.3 is 30.1 Å². The number of pyridine rings is 2. The third-order valence-electron chi connectivity index (χ3n) is 7.77. The number of methoxy groups -OCH3 is 1. The van der Waals surface area contributed by atoms with Crippen LogP contribution in [-0.2, 0) is 16.1 Å². The minimum Gasteiger partial charge on any atom is -0.496 e. The topological polar surface area (TPSA) is 160 Å². The highest BCUT2D eigenvalue weighted by atomic mass is 35.5. The summed E-state index contributed by atoms with van der Waals surface area (Å²) in [6.45, 7) is 5.82. The van der Waals surface area contributed by atoms with Gasteiger partial charge in [0.05, 0.1) is 40.6 Å². The largest absolute Gasteiger partial charge is 0.496 e. The Morgan fingerprint density at radius 3 is 2.44 bits per heavy atom. The molecule has 4 aromatic rings. The highest BCUT2D eigenvalue weighted by Gasteiger charge is 2.29. The Bertz CT molecular complexity index is 1950. The number of rotatable bonds is 10. The molecule has 3 N–H and O–H groups in total. The van der Waals surface area contributed by atoms with Crippen LogP contribution in [0, 0.1) is 0 Å². The fourth-order valence-corrected chi connectivity index (χ4v) is 5.97. The van der Waals surface area contributed by atoms with Gasteiger partial charge >= 0.3 is 12.1 Å². The van der Waals surface area contributed by atoms with Crippen LogP contribution in [0.25, 0.3) is 22.4 Å². The van der Waals surface area contributed by atoms with Crippen molar-refractivity contribution in [2.75, 3.05) is 19.0 Å². The van der Waals surface area contributed by atoms with Gasteiger partial charge in [-0.2, -0.15) is 0 Å². The maximum absolute atomic E-state index is 13.2. The van der Waals surface area contributed by atoms with Crippen molar-refractivity contribution in [2.45, 2.75) is 51.8 Å². The number of nitrogens with one attached hydrogen (secondary N) is 2. The van der Waals surface area contributed by atoms with E-state index >= 15 is 0 Å². The molecular weight excluding hydrogens is 685 g/mol. The summed E-state index contributed by atoms with van der Waals surface area (Å²) in [6, 6.07) is 14.6. The fourth-order valence-electron chi connectivity index (χ4n) is 5.37. The molecule has 5 rings (SSSR count). The Kier molecular flexibility index (Phi) is 10.9. The molecule has 1 unspecified atom stereocenters. The summed E-state index contributed by atoms with van der Waals surface area (Å²) in [4.78, 5) is 59.1. The lowest BCUT2D eigenvalue weighted by molar-refractivity contribution is -0.119. The summed E-state index contributed by atoms with van der Waals surface area (Å²) in [7, 11) is 1.53. The number of benzene rings is 2. The number of halogens is 2. The van der Waals surface area contributed by atoms with Gasteiger partial charge in [0.25, 0.3) is 5.91 Å². The second-order valence-corrected chi connectivity index (χ2v) is 13.3. The van der Waals surface area contributed by atoms with Crippen LogP contribution in [0.3, 0.4) is 0 Å². The SMILES string of the molecule is COc1cc(-c2nccc(-c3cccc(NC(=O)c4ccc(C(=O)O)cn4)c3Cl)c2Cl)ccc1CN(CC1CCC(=O)N1)C(=O)OC(C)(C)C. The number of hydrogen-bond acceptors (Lipinski definition) is 8. The fraction of sp³-hybridized carbons (Fsp3) is 0.278. The van der Waals surface area contributed by atoms with Crippen LogP contribution in [0.2, 0.25) is 10.0 Å². The monoisotopic (exact) mass is 719 g/mol. The van der Waals surface area contributed by atoms with Crippen molar-refractivity contribution < 1.29 is 33.8 Å². The first-order valence-corrected chi connectivity index (χ1v) is 16.4. The zero-order chi connectivity index (χ0) is 36.2. The lowest BCUT2D eigenvalue weighted by Crippen LogP contribution is -2.43. The lowest BCUT2D eigenvalue weighted by Gasteiger charge is -2.29. The van der Waals surface area contributed by atoms with Gasteiger partial charge in [-0.15, -0.1) is 0 Å². The van der Waals surface area contributed by atoms with Gasteiger partial charge in [-0.3, -0.25) is 19.6 Å². The van der Waals surface area contributed by atoms with Crippen molar-refractivity contribution in [3.8, 4) is 28.1 Å². The Labute approximate surface area is 298 Å². The first kappa shape index (κ1) is 36.1. The summed E-state index contributed by atoms with van der Waals surface area (Å²) in [5, 5.41) is 15.2. The molecule has 1 aliphatic rings. The molecular formula is C36H35Cl2N5O7. The molecule has 260 valence electrons. The molecule has 2 aromatic carbocycles. The number of aromatic nitrogens is 2. The van der Waals surface area contributed by atoms with Crippen LogP contribution >= 0.6 is 23.2 Å². The van der Waals surface area contributed by atoms with Crippen molar-refractivity contribution in [2.24, 2.45) is 0 Å². The molecule has 2 aromatic heterocycles. The molecule has 0 bridgehead atoms. The molecule has 14 heteroatoms. The molecule has 1 fully saturated rings. The zero-order valence-electron chi connectivity index (χ0n) is 27.8. The molecule has 3 heterocycles. The summed E-state index contributed by atoms with van der Waals surface area (Å²) < 4.78 is 11.4. The first-order valence-electron chi connectivity index (χ1n) is 15.6. The van der Waals surface area contributed by atoms with Gasteiger partial charge in [0.1, 0.15) is 17.0 Å². The predicted octanol–water partition coefficient (Wildman–Crippen LogP) is 7.09. The number of aromatic carboxylic acids is 1. The molecule has 1 aliphatic heterocycles. The summed E-state index contributed by atoms with van der Waals surface area (Å²) in [5.41, 5.74) is 2.43. The molecule has 12 nitrogen and oxygen atoms in total. The van der Waals surface area contributed by atoms with Crippen LogP contribution in [0.5, 0.6) is 5.75 Å². The van der Waals surface area contributed by atoms with E-state index < -0.39 is 23.6 Å². The van der Waals surface area contributed by atoms with Gasteiger partial charge in [-0.25, -0.2) is 9.59 Å². The van der Waals surface area contributed by atoms with Crippen LogP contribution in [0.1, 0.15) is 60.0 Å². The van der Waals surface area contributed by atoms with E-state index in [1.807, 2.05) is 12.1 Å². The minimum atomic E-state index is -1.15. The molecule has 0 spiro atoms. The van der Waals surface area contributed by atoms with Gasteiger partial charge in [-0.1, -0.05) is 47.5 Å². The van der Waals surface area contributed by atoms with Crippen LogP contribution in [0.15, 0.2) is 67.0 Å². The molecule has 1 saturated heterocycles. The van der Waals surface area contributed by atoms with Gasteiger partial charge in [0, 0.05) is 53.7 Å². The van der Waals surface area contributed by atoms with E-state index in [0.29, 0.717) is 57.2 Å². The van der Waals surface area contributed by atoms with Crippen LogP contribution in [0.4, 0.5) is 10.5 Å². The lowest BCUT2D eigenvalue weighted by atomic mass is 10.0. The van der Waals surface area contributed by atoms with Crippen molar-refractivity contribution in [3.05, 3.63) is 93.9 Å². The normalized spacial score (nSPS) is 14.1. The standard InChI is InChI=1S/C36H35Cl2N5O7/c1-36(2,3)50-35(48)43(19-23-11-13-29(44)41-23)18-22-9-8-20(16-28(22)49-4)32-31(38)25(14-15-39-32)24-6-5-7-26(30(24)37)42-33(45)27-12-10-21(17-40-27)34(46)47/h5-10,12,14-17,23H,11,13,18-19H2,1-4H3,(H,41,44)(H,42,45)(H,46,47). The second kappa shape index (κ2) is 15.1. The number of carbonyl (C=O) groups excluding carboxylic acids is 3. The molecule has 1 atom stereocenters. The van der Waals surface area contributed by atoms with Gasteiger partial charge in [0.2, 0.25) is 5.91 Å². The number of ether oxygens (including phenoxy) is 2. The predicted molar refractivity (Wildman–Crippen MR) is 189 cm³/mol. The number of amides is 3. The highest BCUT2D eigenvalue weighted by molar-refractivity contribution is 6.39. The second-order valence-electron chi connectivity index (χ2n) is 12.6. The van der Waals surface area contributed by atoms with Crippen molar-refractivity contribution in [3.63, 3.8) is 0 Å². The average Bonchev–Trinajstić information content (AvgIpc) is 3.49. The maximum atomic E-state index is 13.2. The van der Waals surface area contributed by atoms with Crippen molar-refractivity contribution in [1.82, 2.24) is 20.2 Å². The van der Waals surface area contributed by atoms with Crippen molar-refractivity contribution in [1.29, 1.82) is 0 Å². The van der Waals surface area contributed by atoms with Crippen LogP contribution in [-0.4, -0.2) is 69.1 Å². The minimum absolute atomic E-state index is 0.0117. The molecule has 0 aliphatic carbocycles. The van der Waals surface area contributed by atoms with E-state index in [0.717, 1.165) is 6.20 Å². The Morgan fingerprint density at radius 1 is 1.04 bits per heavy atom. The number of carboxylic acids is 1. The summed E-state index contributed by atoms with van der Waals surface area (Å²) >= 11 is 13.7. The average molecular weight is 721 g/mol. The maximum Gasteiger partial charge on any atom is 0.410 e. The number of nitrogens with zero attached hydrogens (tertiary/aromatic N) is 3. The van der Waals surface area contributed by atoms with Crippen molar-refractivity contribution >= 4 is 52.8 Å². The number of carbonyl (C=O) groups is 4. The number of hydrogen-bond donors (Lipinski definition) is 3. The van der Waals surface area contributed by atoms with E-state index in [1.54, 1.807) is 62.2 Å². The number of carboxylic acid groups (broad SMARTS) is 1. The molecule has 0 saturated carbocycles. The first-order chi connectivity index (χ1) is 23.7. The quantitative estimate of drug-likeness (QED) is 0.155. The third-order valence-corrected chi connectivity index (χ3v) is 8.56. The summed E-state index contributed by atoms with van der Waals surface area (Å²) in [6.07, 6.45) is 3.21. The Balaban J connectivity index is 1.41. The van der Waals surface area contributed by atoms with Gasteiger partial charge in [-0.05, 0) is 57.5 Å². The van der Waals surface area contributed by atoms with E-state index in [1.165, 1.54) is 19.2 Å². The van der Waals surface area contributed by atoms with Gasteiger partial charge in [0.15, 0.2) is 0 Å². The summed E-state index contributed by atoms with van der Waals surface area (Å²) in [5.74, 6) is -1.29. The molecule has 3 amide bonds. The van der Waals surface area contributed by atoms with Crippen LogP contribution < -0.4 is 15.4 Å². The van der Waals surface area contributed by atoms with E-state index in [4.69, 9.17) is 37.8 Å². The molecule has 0 radical (unpaired) electrons. The Hall–Kier alpha value is -5.20. The third kappa shape index (κ3) is 8.50. The van der Waals surface area contributed by atoms with E-state index in [2.05, 4.69) is 20.6 Å². The highest BCUT2D eigenvalue weighted by Crippen LogP contribution is 2.41. The molecule has 50 heavy (non-hydrogen) atoms.